The fourth-order valence-corrected chi connectivity index (χ4v) is 5.20. The van der Waals surface area contributed by atoms with Gasteiger partial charge in [-0.25, -0.2) is 12.8 Å². The lowest BCUT2D eigenvalue weighted by molar-refractivity contribution is -0.140. The second-order valence-corrected chi connectivity index (χ2v) is 8.51. The van der Waals surface area contributed by atoms with Gasteiger partial charge in [0, 0.05) is 19.0 Å². The quantitative estimate of drug-likeness (QED) is 0.563. The monoisotopic (exact) mass is 415 g/mol. The lowest BCUT2D eigenvalue weighted by atomic mass is 9.82. The molecule has 1 aliphatic heterocycles. The summed E-state index contributed by atoms with van der Waals surface area (Å²) < 4.78 is 79.5. The maximum Gasteiger partial charge on any atom is 0.417 e. The Bertz CT molecular complexity index is 958. The van der Waals surface area contributed by atoms with Gasteiger partial charge >= 0.3 is 6.18 Å². The molecule has 1 saturated heterocycles. The summed E-state index contributed by atoms with van der Waals surface area (Å²) in [7, 11) is -4.44. The van der Waals surface area contributed by atoms with Gasteiger partial charge in [-0.3, -0.25) is 0 Å². The molecule has 4 nitrogen and oxygen atoms in total. The van der Waals surface area contributed by atoms with Gasteiger partial charge in [-0.15, -0.1) is 0 Å². The summed E-state index contributed by atoms with van der Waals surface area (Å²) in [5.41, 5.74) is -0.551. The molecule has 1 aliphatic rings. The van der Waals surface area contributed by atoms with E-state index in [1.807, 2.05) is 0 Å². The Hall–Kier alpha value is -2.26. The third-order valence-electron chi connectivity index (χ3n) is 4.90. The normalized spacial score (nSPS) is 21.4. The van der Waals surface area contributed by atoms with Crippen LogP contribution in [0.5, 0.6) is 0 Å². The largest absolute Gasteiger partial charge is 0.417 e. The molecule has 0 saturated carbocycles. The van der Waals surface area contributed by atoms with Gasteiger partial charge in [-0.05, 0) is 42.2 Å². The van der Waals surface area contributed by atoms with Gasteiger partial charge in [0.2, 0.25) is 10.0 Å². The first-order valence-electron chi connectivity index (χ1n) is 8.51. The molecular weight excluding hydrogens is 398 g/mol. The molecule has 0 aromatic heterocycles. The number of carbonyl (C=O) groups excluding carboxylic acids is 1. The average molecular weight is 415 g/mol. The van der Waals surface area contributed by atoms with Gasteiger partial charge in [0.1, 0.15) is 12.1 Å². The third kappa shape index (κ3) is 3.95. The minimum atomic E-state index is -4.82. The van der Waals surface area contributed by atoms with Gasteiger partial charge in [0.15, 0.2) is 0 Å². The molecule has 0 aliphatic carbocycles. The summed E-state index contributed by atoms with van der Waals surface area (Å²) in [6, 6.07) is 9.54. The van der Waals surface area contributed by atoms with Crippen molar-refractivity contribution in [2.75, 3.05) is 13.1 Å². The second kappa shape index (κ2) is 7.63. The predicted molar refractivity (Wildman–Crippen MR) is 93.5 cm³/mol. The van der Waals surface area contributed by atoms with Crippen molar-refractivity contribution in [3.63, 3.8) is 0 Å². The van der Waals surface area contributed by atoms with E-state index >= 15 is 0 Å². The van der Waals surface area contributed by atoms with Crippen LogP contribution in [-0.2, 0) is 21.0 Å². The van der Waals surface area contributed by atoms with Crippen molar-refractivity contribution in [3.8, 4) is 0 Å². The first-order chi connectivity index (χ1) is 13.1. The number of nitrogens with zero attached hydrogens (tertiary/aromatic N) is 1. The van der Waals surface area contributed by atoms with Crippen molar-refractivity contribution in [1.82, 2.24) is 4.31 Å². The number of halogens is 4. The van der Waals surface area contributed by atoms with Crippen LogP contribution in [0.4, 0.5) is 17.6 Å². The minimum absolute atomic E-state index is 0.0408. The number of hydrogen-bond donors (Lipinski definition) is 0. The Morgan fingerprint density at radius 3 is 2.29 bits per heavy atom. The molecule has 0 spiro atoms. The van der Waals surface area contributed by atoms with E-state index in [9.17, 15) is 30.8 Å². The Morgan fingerprint density at radius 1 is 1.04 bits per heavy atom. The predicted octanol–water partition coefficient (Wildman–Crippen LogP) is 3.84. The van der Waals surface area contributed by atoms with E-state index in [2.05, 4.69) is 0 Å². The van der Waals surface area contributed by atoms with E-state index in [-0.39, 0.29) is 25.4 Å². The van der Waals surface area contributed by atoms with Gasteiger partial charge in [0.05, 0.1) is 10.5 Å². The summed E-state index contributed by atoms with van der Waals surface area (Å²) >= 11 is 0. The van der Waals surface area contributed by atoms with Crippen LogP contribution >= 0.6 is 0 Å². The SMILES string of the molecule is O=C[C@@H]1CN(S(=O)(=O)c2ccccc2C(F)(F)F)CC[C@@H]1c1ccc(F)cc1. The second-order valence-electron chi connectivity index (χ2n) is 6.60. The maximum absolute atomic E-state index is 13.2. The summed E-state index contributed by atoms with van der Waals surface area (Å²) in [6.45, 7) is -0.277. The van der Waals surface area contributed by atoms with Gasteiger partial charge < -0.3 is 4.79 Å². The Morgan fingerprint density at radius 2 is 1.68 bits per heavy atom. The number of hydrogen-bond acceptors (Lipinski definition) is 3. The summed E-state index contributed by atoms with van der Waals surface area (Å²) in [4.78, 5) is 10.7. The van der Waals surface area contributed by atoms with E-state index in [4.69, 9.17) is 0 Å². The van der Waals surface area contributed by atoms with E-state index in [1.165, 1.54) is 30.3 Å². The Labute approximate surface area is 159 Å². The molecule has 2 aromatic carbocycles. The van der Waals surface area contributed by atoms with Crippen molar-refractivity contribution in [3.05, 3.63) is 65.5 Å². The Kier molecular flexibility index (Phi) is 5.58. The third-order valence-corrected chi connectivity index (χ3v) is 6.83. The number of rotatable bonds is 4. The molecule has 0 bridgehead atoms. The molecule has 1 heterocycles. The molecule has 28 heavy (non-hydrogen) atoms. The number of alkyl halides is 3. The maximum atomic E-state index is 13.2. The van der Waals surface area contributed by atoms with Crippen LogP contribution in [0.15, 0.2) is 53.4 Å². The van der Waals surface area contributed by atoms with Crippen molar-refractivity contribution in [2.24, 2.45) is 5.92 Å². The molecule has 9 heteroatoms. The fourth-order valence-electron chi connectivity index (χ4n) is 3.50. The molecule has 0 amide bonds. The number of piperidine rings is 1. The number of carbonyl (C=O) groups is 1. The first kappa shape index (κ1) is 20.5. The highest BCUT2D eigenvalue weighted by molar-refractivity contribution is 7.89. The van der Waals surface area contributed by atoms with Crippen LogP contribution in [0.3, 0.4) is 0 Å². The molecule has 150 valence electrons. The van der Waals surface area contributed by atoms with Crippen LogP contribution in [0, 0.1) is 11.7 Å². The highest BCUT2D eigenvalue weighted by Crippen LogP contribution is 2.38. The molecule has 2 atom stereocenters. The zero-order valence-corrected chi connectivity index (χ0v) is 15.4. The highest BCUT2D eigenvalue weighted by Gasteiger charge is 2.41. The lowest BCUT2D eigenvalue weighted by Crippen LogP contribution is -2.44. The number of aldehydes is 1. The van der Waals surface area contributed by atoms with Gasteiger partial charge in [0.25, 0.3) is 0 Å². The van der Waals surface area contributed by atoms with E-state index in [1.54, 1.807) is 0 Å². The van der Waals surface area contributed by atoms with E-state index in [0.717, 1.165) is 22.5 Å². The van der Waals surface area contributed by atoms with Crippen molar-refractivity contribution >= 4 is 16.3 Å². The van der Waals surface area contributed by atoms with Gasteiger partial charge in [-0.2, -0.15) is 17.5 Å². The molecule has 2 aromatic rings. The molecule has 0 N–H and O–H groups in total. The Balaban J connectivity index is 1.90. The average Bonchev–Trinajstić information content (AvgIpc) is 2.67. The number of benzene rings is 2. The summed E-state index contributed by atoms with van der Waals surface area (Å²) in [5, 5.41) is 0. The standard InChI is InChI=1S/C19H17F4NO3S/c20-15-7-5-13(6-8-15)16-9-10-24(11-14(16)12-25)28(26,27)18-4-2-1-3-17(18)19(21,22)23/h1-8,12,14,16H,9-11H2/t14-,16+/m0/s1. The van der Waals surface area contributed by atoms with Crippen LogP contribution in [0.2, 0.25) is 0 Å². The zero-order valence-electron chi connectivity index (χ0n) is 14.6. The zero-order chi connectivity index (χ0) is 20.5. The van der Waals surface area contributed by atoms with Crippen molar-refractivity contribution in [2.45, 2.75) is 23.4 Å². The lowest BCUT2D eigenvalue weighted by Gasteiger charge is -2.36. The topological polar surface area (TPSA) is 54.5 Å². The molecule has 0 radical (unpaired) electrons. The molecule has 3 rings (SSSR count). The van der Waals surface area contributed by atoms with Gasteiger partial charge in [-0.1, -0.05) is 24.3 Å². The van der Waals surface area contributed by atoms with E-state index in [0.29, 0.717) is 11.8 Å². The van der Waals surface area contributed by atoms with E-state index < -0.39 is 38.4 Å². The van der Waals surface area contributed by atoms with Crippen LogP contribution in [-0.4, -0.2) is 32.1 Å². The fraction of sp³-hybridized carbons (Fsp3) is 0.316. The highest BCUT2D eigenvalue weighted by atomic mass is 32.2. The van der Waals surface area contributed by atoms with Crippen LogP contribution in [0.25, 0.3) is 0 Å². The summed E-state index contributed by atoms with van der Waals surface area (Å²) in [5.74, 6) is -1.51. The number of sulfonamides is 1. The first-order valence-corrected chi connectivity index (χ1v) is 9.95. The molecule has 1 fully saturated rings. The van der Waals surface area contributed by atoms with Crippen LogP contribution in [0.1, 0.15) is 23.5 Å². The summed E-state index contributed by atoms with van der Waals surface area (Å²) in [6.07, 6.45) is -3.98. The molecule has 0 unspecified atom stereocenters. The van der Waals surface area contributed by atoms with Crippen molar-refractivity contribution in [1.29, 1.82) is 0 Å². The van der Waals surface area contributed by atoms with Crippen LogP contribution < -0.4 is 0 Å². The molecular formula is C19H17F4NO3S. The minimum Gasteiger partial charge on any atom is -0.303 e. The van der Waals surface area contributed by atoms with Crippen molar-refractivity contribution < 1.29 is 30.8 Å². The smallest absolute Gasteiger partial charge is 0.303 e.